The van der Waals surface area contributed by atoms with Crippen LogP contribution >= 0.6 is 0 Å². The van der Waals surface area contributed by atoms with E-state index in [-0.39, 0.29) is 51.1 Å². The lowest BCUT2D eigenvalue weighted by atomic mass is 10.0. The van der Waals surface area contributed by atoms with E-state index in [9.17, 15) is 14.4 Å². The van der Waals surface area contributed by atoms with Gasteiger partial charge in [-0.1, -0.05) is 19.1 Å². The second kappa shape index (κ2) is 37.3. The summed E-state index contributed by atoms with van der Waals surface area (Å²) in [5, 5.41) is 10.7. The molecule has 3 rings (SSSR count). The first kappa shape index (κ1) is 58.7. The minimum absolute atomic E-state index is 0.0528. The second-order valence-corrected chi connectivity index (χ2v) is 16.0. The maximum Gasteiger partial charge on any atom is 0.407 e. The molecule has 0 saturated heterocycles. The number of ether oxygens (including phenoxy) is 12. The number of nitrogens with one attached hydrogen (secondary N) is 2. The summed E-state index contributed by atoms with van der Waals surface area (Å²) in [6.07, 6.45) is 5.71. The largest absolute Gasteiger partial charge is 0.460 e. The molecule has 0 atom stereocenters. The minimum Gasteiger partial charge on any atom is -0.460 e. The van der Waals surface area contributed by atoms with Crippen LogP contribution in [0.25, 0.3) is 17.2 Å². The Balaban J connectivity index is 1.01. The average molecular weight is 981 g/mol. The number of carbonyl (C=O) groups is 3. The quantitative estimate of drug-likeness (QED) is 0.0488. The van der Waals surface area contributed by atoms with E-state index in [0.29, 0.717) is 156 Å². The number of benzene rings is 1. The Morgan fingerprint density at radius 1 is 0.681 bits per heavy atom. The first-order valence-corrected chi connectivity index (χ1v) is 23.6. The van der Waals surface area contributed by atoms with Gasteiger partial charge in [0.05, 0.1) is 157 Å². The van der Waals surface area contributed by atoms with Crippen LogP contribution in [-0.4, -0.2) is 203 Å². The van der Waals surface area contributed by atoms with Crippen molar-refractivity contribution in [2.75, 3.05) is 158 Å². The van der Waals surface area contributed by atoms with Gasteiger partial charge in [0.15, 0.2) is 0 Å². The second-order valence-electron chi connectivity index (χ2n) is 16.0. The van der Waals surface area contributed by atoms with Crippen molar-refractivity contribution in [2.24, 2.45) is 10.7 Å². The predicted octanol–water partition coefficient (Wildman–Crippen LogP) is 3.65. The lowest BCUT2D eigenvalue weighted by Crippen LogP contribution is -2.37. The Morgan fingerprint density at radius 3 is 1.64 bits per heavy atom. The highest BCUT2D eigenvalue weighted by molar-refractivity contribution is 6.05. The zero-order valence-corrected chi connectivity index (χ0v) is 41.0. The fourth-order valence-corrected chi connectivity index (χ4v) is 5.89. The van der Waals surface area contributed by atoms with Gasteiger partial charge in [0.25, 0.3) is 5.91 Å². The van der Waals surface area contributed by atoms with E-state index >= 15 is 0 Å². The van der Waals surface area contributed by atoms with Crippen LogP contribution in [0.3, 0.4) is 0 Å². The van der Waals surface area contributed by atoms with Gasteiger partial charge in [0, 0.05) is 42.4 Å². The van der Waals surface area contributed by atoms with Crippen LogP contribution < -0.4 is 11.1 Å². The van der Waals surface area contributed by atoms with Crippen molar-refractivity contribution >= 4 is 35.6 Å². The topological polar surface area (TPSA) is 254 Å². The molecular formula is C47H76N6O16. The summed E-state index contributed by atoms with van der Waals surface area (Å²) in [6, 6.07) is 5.73. The molecule has 0 saturated carbocycles. The summed E-state index contributed by atoms with van der Waals surface area (Å²) < 4.78 is 65.1. The van der Waals surface area contributed by atoms with Gasteiger partial charge >= 0.3 is 12.1 Å². The third kappa shape index (κ3) is 29.3. The summed E-state index contributed by atoms with van der Waals surface area (Å²) in [5.41, 5.74) is 9.43. The summed E-state index contributed by atoms with van der Waals surface area (Å²) in [6.45, 7) is 16.4. The van der Waals surface area contributed by atoms with Crippen LogP contribution in [0.4, 0.5) is 10.5 Å². The number of alkyl carbamates (subject to hydrolysis) is 1. The molecule has 2 amide bonds. The predicted molar refractivity (Wildman–Crippen MR) is 254 cm³/mol. The molecule has 1 aliphatic rings. The van der Waals surface area contributed by atoms with Crippen molar-refractivity contribution in [3.63, 3.8) is 0 Å². The normalized spacial score (nSPS) is 12.5. The van der Waals surface area contributed by atoms with Crippen molar-refractivity contribution in [1.29, 1.82) is 0 Å². The molecule has 22 heteroatoms. The minimum atomic E-state index is -0.626. The molecule has 0 spiro atoms. The Bertz CT molecular complexity index is 1740. The van der Waals surface area contributed by atoms with Gasteiger partial charge in [-0.05, 0) is 44.9 Å². The summed E-state index contributed by atoms with van der Waals surface area (Å²) in [7, 11) is 0. The number of nitrogens with zero attached hydrogens (tertiary/aromatic N) is 3. The van der Waals surface area contributed by atoms with Crippen LogP contribution in [0.1, 0.15) is 52.5 Å². The zero-order chi connectivity index (χ0) is 49.6. The fraction of sp³-hybridized carbons (Fsp3) is 0.681. The van der Waals surface area contributed by atoms with E-state index in [1.165, 1.54) is 5.06 Å². The van der Waals surface area contributed by atoms with Crippen LogP contribution in [0.5, 0.6) is 0 Å². The molecular weight excluding hydrogens is 905 g/mol. The SMILES string of the molecule is CCCN(OCCNC(=O)OCCOCCOCCOCCOCCOCCOCCOCCOCCOCCOCCC(=O)OC(C)(C)C)C(=O)C1=Cc2ccc(-c3cn[nH]c3)cc2N=C(N)C1. The van der Waals surface area contributed by atoms with E-state index in [0.717, 1.165) is 16.7 Å². The van der Waals surface area contributed by atoms with Gasteiger partial charge in [-0.25, -0.2) is 14.9 Å². The van der Waals surface area contributed by atoms with E-state index in [1.54, 1.807) is 18.5 Å². The number of carbonyl (C=O) groups excluding carboxylic acids is 3. The first-order valence-electron chi connectivity index (χ1n) is 23.6. The molecule has 0 aliphatic carbocycles. The van der Waals surface area contributed by atoms with Crippen LogP contribution in [0.2, 0.25) is 0 Å². The number of hydroxylamine groups is 2. The monoisotopic (exact) mass is 981 g/mol. The number of esters is 1. The van der Waals surface area contributed by atoms with E-state index in [1.807, 2.05) is 45.9 Å². The molecule has 4 N–H and O–H groups in total. The highest BCUT2D eigenvalue weighted by Gasteiger charge is 2.23. The maximum absolute atomic E-state index is 13.5. The number of nitrogens with two attached hydrogens (primary N) is 1. The van der Waals surface area contributed by atoms with Crippen molar-refractivity contribution in [3.05, 3.63) is 41.7 Å². The van der Waals surface area contributed by atoms with Gasteiger partial charge in [-0.15, -0.1) is 0 Å². The van der Waals surface area contributed by atoms with Gasteiger partial charge < -0.3 is 67.9 Å². The Morgan fingerprint density at radius 2 is 1.17 bits per heavy atom. The molecule has 0 fully saturated rings. The van der Waals surface area contributed by atoms with Crippen LogP contribution in [0, 0.1) is 0 Å². The maximum atomic E-state index is 13.5. The molecule has 0 radical (unpaired) electrons. The molecule has 69 heavy (non-hydrogen) atoms. The van der Waals surface area contributed by atoms with Gasteiger partial charge in [-0.3, -0.25) is 19.5 Å². The standard InChI is InChI=1S/C47H76N6O16/c1-5-10-53(45(55)40-33-39-7-6-38(41-36-50-51-37-41)34-42(39)52-43(48)35-40)68-12-9-49-46(56)67-32-31-66-30-29-65-28-27-64-26-25-63-24-23-62-22-21-61-20-19-60-18-17-59-16-15-58-14-13-57-11-8-44(54)69-47(2,3)4/h6-7,33-34,36-37H,5,8-32,35H2,1-4H3,(H2,48,52)(H,49,56)(H,50,51). The summed E-state index contributed by atoms with van der Waals surface area (Å²) in [5.74, 6) is -0.289. The number of aromatic nitrogens is 2. The third-order valence-corrected chi connectivity index (χ3v) is 9.05. The smallest absolute Gasteiger partial charge is 0.407 e. The van der Waals surface area contributed by atoms with Gasteiger partial charge in [-0.2, -0.15) is 5.10 Å². The number of amidine groups is 1. The molecule has 390 valence electrons. The molecule has 0 bridgehead atoms. The lowest BCUT2D eigenvalue weighted by molar-refractivity contribution is -0.181. The third-order valence-electron chi connectivity index (χ3n) is 9.05. The van der Waals surface area contributed by atoms with Crippen molar-refractivity contribution in [2.45, 2.75) is 52.6 Å². The average Bonchev–Trinajstić information content (AvgIpc) is 3.80. The number of amides is 2. The molecule has 0 unspecified atom stereocenters. The molecule has 22 nitrogen and oxygen atoms in total. The van der Waals surface area contributed by atoms with E-state index in [2.05, 4.69) is 20.5 Å². The van der Waals surface area contributed by atoms with Gasteiger partial charge in [0.2, 0.25) is 0 Å². The lowest BCUT2D eigenvalue weighted by Gasteiger charge is -2.22. The van der Waals surface area contributed by atoms with Crippen molar-refractivity contribution < 1.29 is 76.1 Å². The highest BCUT2D eigenvalue weighted by Crippen LogP contribution is 2.31. The number of rotatable bonds is 41. The van der Waals surface area contributed by atoms with Crippen molar-refractivity contribution in [1.82, 2.24) is 20.6 Å². The van der Waals surface area contributed by atoms with Gasteiger partial charge in [0.1, 0.15) is 18.0 Å². The fourth-order valence-electron chi connectivity index (χ4n) is 5.89. The highest BCUT2D eigenvalue weighted by atomic mass is 16.7. The summed E-state index contributed by atoms with van der Waals surface area (Å²) >= 11 is 0. The van der Waals surface area contributed by atoms with Crippen LogP contribution in [0.15, 0.2) is 41.2 Å². The number of H-pyrrole nitrogens is 1. The molecule has 2 heterocycles. The Hall–Kier alpha value is -4.59. The number of aromatic amines is 1. The first-order chi connectivity index (χ1) is 33.6. The Kier molecular flexibility index (Phi) is 31.7. The van der Waals surface area contributed by atoms with Crippen LogP contribution in [-0.2, 0) is 71.3 Å². The number of hydrogen-bond acceptors (Lipinski definition) is 19. The number of hydrogen-bond donors (Lipinski definition) is 3. The Labute approximate surface area is 406 Å². The number of fused-ring (bicyclic) bond motifs is 1. The summed E-state index contributed by atoms with van der Waals surface area (Å²) in [4.78, 5) is 47.5. The molecule has 1 aliphatic heterocycles. The molecule has 1 aromatic heterocycles. The van der Waals surface area contributed by atoms with E-state index in [4.69, 9.17) is 67.4 Å². The van der Waals surface area contributed by atoms with Crippen molar-refractivity contribution in [3.8, 4) is 11.1 Å². The zero-order valence-electron chi connectivity index (χ0n) is 41.0. The number of aliphatic imine (C=N–C) groups is 1. The molecule has 1 aromatic carbocycles. The molecule has 2 aromatic rings. The van der Waals surface area contributed by atoms with E-state index < -0.39 is 11.7 Å².